The average molecular weight is 310 g/mol. The molecule has 118 valence electrons. The highest BCUT2D eigenvalue weighted by atomic mass is 16.4. The van der Waals surface area contributed by atoms with Gasteiger partial charge >= 0.3 is 5.63 Å². The normalized spacial score (nSPS) is 9.96. The highest BCUT2D eigenvalue weighted by molar-refractivity contribution is 5.77. The van der Waals surface area contributed by atoms with E-state index < -0.39 is 5.63 Å². The van der Waals surface area contributed by atoms with Crippen LogP contribution in [0.25, 0.3) is 11.0 Å². The Morgan fingerprint density at radius 1 is 1.04 bits per heavy atom. The molecule has 0 aliphatic rings. The molecule has 0 fully saturated rings. The van der Waals surface area contributed by atoms with Gasteiger partial charge < -0.3 is 14.3 Å². The van der Waals surface area contributed by atoms with Gasteiger partial charge in [-0.1, -0.05) is 48.5 Å². The Morgan fingerprint density at radius 3 is 2.39 bits per heavy atom. The second kappa shape index (κ2) is 7.94. The molecule has 0 spiro atoms. The maximum absolute atomic E-state index is 10.8. The molecule has 0 aliphatic carbocycles. The van der Waals surface area contributed by atoms with Gasteiger partial charge in [0.05, 0.1) is 0 Å². The van der Waals surface area contributed by atoms with Gasteiger partial charge in [0.25, 0.3) is 0 Å². The first kappa shape index (κ1) is 16.5. The van der Waals surface area contributed by atoms with Crippen LogP contribution in [-0.4, -0.2) is 10.9 Å². The van der Waals surface area contributed by atoms with Crippen molar-refractivity contribution >= 4 is 16.8 Å². The van der Waals surface area contributed by atoms with Gasteiger partial charge in [-0.05, 0) is 31.0 Å². The smallest absolute Gasteiger partial charge is 0.378 e. The second-order valence-corrected chi connectivity index (χ2v) is 5.14. The molecule has 0 radical (unpaired) electrons. The number of aryl methyl sites for hydroxylation is 1. The van der Waals surface area contributed by atoms with Crippen LogP contribution in [0.4, 0.5) is 0 Å². The van der Waals surface area contributed by atoms with Crippen LogP contribution >= 0.6 is 0 Å². The first-order valence-electron chi connectivity index (χ1n) is 7.31. The molecule has 4 nitrogen and oxygen atoms in total. The summed E-state index contributed by atoms with van der Waals surface area (Å²) in [5.74, 6) is -0.0949. The predicted octanol–water partition coefficient (Wildman–Crippen LogP) is 3.71. The first-order valence-corrected chi connectivity index (χ1v) is 7.31. The maximum atomic E-state index is 10.8. The van der Waals surface area contributed by atoms with E-state index in [2.05, 4.69) is 0 Å². The molecule has 0 saturated carbocycles. The summed E-state index contributed by atoms with van der Waals surface area (Å²) in [4.78, 5) is 21.4. The first-order chi connectivity index (χ1) is 11.1. The molecular formula is C19H18O4. The molecule has 1 heterocycles. The number of carbonyl (C=O) groups is 1. The third kappa shape index (κ3) is 5.11. The van der Waals surface area contributed by atoms with Gasteiger partial charge in [-0.25, -0.2) is 4.79 Å². The van der Waals surface area contributed by atoms with Gasteiger partial charge in [0, 0.05) is 11.8 Å². The van der Waals surface area contributed by atoms with E-state index in [1.807, 2.05) is 36.4 Å². The summed E-state index contributed by atoms with van der Waals surface area (Å²) < 4.78 is 4.79. The lowest BCUT2D eigenvalue weighted by molar-refractivity contribution is -0.116. The van der Waals surface area contributed by atoms with E-state index in [1.54, 1.807) is 25.1 Å². The van der Waals surface area contributed by atoms with Crippen molar-refractivity contribution < 1.29 is 14.3 Å². The summed E-state index contributed by atoms with van der Waals surface area (Å²) in [6.07, 6.45) is 1.53. The minimum Gasteiger partial charge on any atom is -0.502 e. The summed E-state index contributed by atoms with van der Waals surface area (Å²) >= 11 is 0. The van der Waals surface area contributed by atoms with Gasteiger partial charge in [0.15, 0.2) is 0 Å². The van der Waals surface area contributed by atoms with Crippen LogP contribution in [0.15, 0.2) is 69.9 Å². The van der Waals surface area contributed by atoms with Gasteiger partial charge in [-0.3, -0.25) is 0 Å². The minimum atomic E-state index is -0.700. The highest BCUT2D eigenvalue weighted by Crippen LogP contribution is 2.14. The van der Waals surface area contributed by atoms with Crippen molar-refractivity contribution in [3.63, 3.8) is 0 Å². The lowest BCUT2D eigenvalue weighted by atomic mass is 10.1. The molecule has 0 atom stereocenters. The molecule has 0 amide bonds. The molecule has 1 aromatic heterocycles. The number of carbonyl (C=O) groups excluding carboxylic acids is 1. The zero-order chi connectivity index (χ0) is 16.7. The van der Waals surface area contributed by atoms with Crippen LogP contribution in [0.2, 0.25) is 0 Å². The van der Waals surface area contributed by atoms with Crippen molar-refractivity contribution in [2.75, 3.05) is 0 Å². The molecule has 0 bridgehead atoms. The van der Waals surface area contributed by atoms with Gasteiger partial charge in [-0.2, -0.15) is 0 Å². The zero-order valence-electron chi connectivity index (χ0n) is 12.9. The molecule has 3 aromatic rings. The van der Waals surface area contributed by atoms with Crippen LogP contribution in [0.5, 0.6) is 5.75 Å². The number of rotatable bonds is 3. The molecule has 0 saturated heterocycles. The van der Waals surface area contributed by atoms with Crippen molar-refractivity contribution in [3.05, 3.63) is 76.6 Å². The largest absolute Gasteiger partial charge is 0.502 e. The maximum Gasteiger partial charge on any atom is 0.378 e. The van der Waals surface area contributed by atoms with Crippen LogP contribution in [0.3, 0.4) is 0 Å². The molecule has 1 N–H and O–H groups in total. The third-order valence-electron chi connectivity index (χ3n) is 3.23. The highest BCUT2D eigenvalue weighted by Gasteiger charge is 2.00. The molecule has 3 rings (SSSR count). The van der Waals surface area contributed by atoms with Crippen molar-refractivity contribution in [2.45, 2.75) is 19.8 Å². The van der Waals surface area contributed by atoms with Crippen molar-refractivity contribution in [2.24, 2.45) is 0 Å². The summed E-state index contributed by atoms with van der Waals surface area (Å²) in [6, 6.07) is 18.5. The topological polar surface area (TPSA) is 67.5 Å². The predicted molar refractivity (Wildman–Crippen MR) is 89.6 cm³/mol. The van der Waals surface area contributed by atoms with Crippen molar-refractivity contribution in [3.8, 4) is 5.75 Å². The van der Waals surface area contributed by atoms with Gasteiger partial charge in [-0.15, -0.1) is 0 Å². The SMILES string of the molecule is CC(=O)CCc1ccccc1.O=c1oc2ccccc2cc1O. The second-order valence-electron chi connectivity index (χ2n) is 5.14. The quantitative estimate of drug-likeness (QED) is 0.749. The lowest BCUT2D eigenvalue weighted by Crippen LogP contribution is -1.96. The van der Waals surface area contributed by atoms with E-state index in [0.29, 0.717) is 12.0 Å². The lowest BCUT2D eigenvalue weighted by Gasteiger charge is -1.96. The Bertz CT molecular complexity index is 835. The number of hydrogen-bond donors (Lipinski definition) is 1. The Hall–Kier alpha value is -2.88. The Labute approximate surface area is 134 Å². The van der Waals surface area contributed by atoms with Crippen molar-refractivity contribution in [1.29, 1.82) is 0 Å². The zero-order valence-corrected chi connectivity index (χ0v) is 12.9. The Balaban J connectivity index is 0.000000168. The van der Waals surface area contributed by atoms with Gasteiger partial charge in [0.1, 0.15) is 11.4 Å². The van der Waals surface area contributed by atoms with Crippen LogP contribution < -0.4 is 5.63 Å². The van der Waals surface area contributed by atoms with E-state index in [1.165, 1.54) is 11.6 Å². The van der Waals surface area contributed by atoms with E-state index in [0.717, 1.165) is 11.8 Å². The van der Waals surface area contributed by atoms with E-state index in [-0.39, 0.29) is 11.5 Å². The molecule has 0 aliphatic heterocycles. The van der Waals surface area contributed by atoms with E-state index >= 15 is 0 Å². The summed E-state index contributed by atoms with van der Waals surface area (Å²) in [5.41, 5.74) is 1.02. The molecule has 4 heteroatoms. The van der Waals surface area contributed by atoms with Gasteiger partial charge in [0.2, 0.25) is 5.75 Å². The summed E-state index contributed by atoms with van der Waals surface area (Å²) in [5, 5.41) is 9.73. The van der Waals surface area contributed by atoms with Crippen molar-refractivity contribution in [1.82, 2.24) is 0 Å². The Kier molecular flexibility index (Phi) is 5.69. The number of para-hydroxylation sites is 1. The van der Waals surface area contributed by atoms with Crippen LogP contribution in [0, 0.1) is 0 Å². The summed E-state index contributed by atoms with van der Waals surface area (Å²) in [6.45, 7) is 1.63. The van der Waals surface area contributed by atoms with E-state index in [9.17, 15) is 9.59 Å². The fourth-order valence-electron chi connectivity index (χ4n) is 2.02. The number of aromatic hydroxyl groups is 1. The molecule has 23 heavy (non-hydrogen) atoms. The number of ketones is 1. The number of fused-ring (bicyclic) bond motifs is 1. The van der Waals surface area contributed by atoms with E-state index in [4.69, 9.17) is 9.52 Å². The fourth-order valence-corrected chi connectivity index (χ4v) is 2.02. The standard InChI is InChI=1S/C10H12O.C9H6O3/c1-9(11)7-8-10-5-3-2-4-6-10;10-7-5-6-3-1-2-4-8(6)12-9(7)11/h2-6H,7-8H2,1H3;1-5,10H. The van der Waals surface area contributed by atoms with Crippen LogP contribution in [0.1, 0.15) is 18.9 Å². The third-order valence-corrected chi connectivity index (χ3v) is 3.23. The molecular weight excluding hydrogens is 292 g/mol. The minimum absolute atomic E-state index is 0.258. The average Bonchev–Trinajstić information content (AvgIpc) is 2.56. The Morgan fingerprint density at radius 2 is 1.70 bits per heavy atom. The fraction of sp³-hybridized carbons (Fsp3) is 0.158. The number of benzene rings is 2. The molecule has 2 aromatic carbocycles. The van der Waals surface area contributed by atoms with Crippen LogP contribution in [-0.2, 0) is 11.2 Å². The monoisotopic (exact) mass is 310 g/mol. The summed E-state index contributed by atoms with van der Waals surface area (Å²) in [7, 11) is 0. The number of Topliss-reactive ketones (excluding diaryl/α,β-unsaturated/α-hetero) is 1. The molecule has 0 unspecified atom stereocenters. The number of hydrogen-bond acceptors (Lipinski definition) is 4.